The SMILES string of the molecule is O=C(CCN1CCSC1=O)NCc1ccc(C(=O)O)o1. The van der Waals surface area contributed by atoms with Crippen LogP contribution in [-0.2, 0) is 11.3 Å². The molecular weight excluding hydrogens is 284 g/mol. The fourth-order valence-corrected chi connectivity index (χ4v) is 2.58. The number of carbonyl (C=O) groups excluding carboxylic acids is 2. The first-order valence-corrected chi connectivity index (χ1v) is 7.05. The predicted molar refractivity (Wildman–Crippen MR) is 71.6 cm³/mol. The molecule has 0 unspecified atom stereocenters. The smallest absolute Gasteiger partial charge is 0.371 e. The molecule has 7 nitrogen and oxygen atoms in total. The third-order valence-corrected chi connectivity index (χ3v) is 3.68. The Morgan fingerprint density at radius 3 is 2.85 bits per heavy atom. The molecule has 1 aromatic heterocycles. The molecule has 0 bridgehead atoms. The lowest BCUT2D eigenvalue weighted by Crippen LogP contribution is -2.30. The third kappa shape index (κ3) is 3.77. The van der Waals surface area contributed by atoms with E-state index >= 15 is 0 Å². The van der Waals surface area contributed by atoms with Gasteiger partial charge in [0, 0.05) is 25.3 Å². The van der Waals surface area contributed by atoms with Gasteiger partial charge in [0.2, 0.25) is 11.7 Å². The van der Waals surface area contributed by atoms with Gasteiger partial charge in [0.15, 0.2) is 0 Å². The van der Waals surface area contributed by atoms with Crippen molar-refractivity contribution in [1.29, 1.82) is 0 Å². The van der Waals surface area contributed by atoms with Crippen molar-refractivity contribution in [2.45, 2.75) is 13.0 Å². The Hall–Kier alpha value is -1.96. The molecule has 0 saturated carbocycles. The molecule has 8 heteroatoms. The first kappa shape index (κ1) is 14.4. The van der Waals surface area contributed by atoms with Gasteiger partial charge in [0.25, 0.3) is 5.24 Å². The molecule has 2 heterocycles. The van der Waals surface area contributed by atoms with Crippen LogP contribution in [0.2, 0.25) is 0 Å². The van der Waals surface area contributed by atoms with E-state index in [9.17, 15) is 14.4 Å². The molecule has 2 amide bonds. The number of amides is 2. The van der Waals surface area contributed by atoms with Crippen LogP contribution < -0.4 is 5.32 Å². The van der Waals surface area contributed by atoms with Crippen LogP contribution >= 0.6 is 11.8 Å². The molecule has 0 spiro atoms. The van der Waals surface area contributed by atoms with Crippen LogP contribution in [0.3, 0.4) is 0 Å². The Balaban J connectivity index is 1.71. The summed E-state index contributed by atoms with van der Waals surface area (Å²) in [6.45, 7) is 1.21. The summed E-state index contributed by atoms with van der Waals surface area (Å²) in [6, 6.07) is 2.84. The summed E-state index contributed by atoms with van der Waals surface area (Å²) in [4.78, 5) is 35.2. The molecule has 1 aromatic rings. The van der Waals surface area contributed by atoms with Crippen LogP contribution in [0.15, 0.2) is 16.5 Å². The highest BCUT2D eigenvalue weighted by Crippen LogP contribution is 2.17. The van der Waals surface area contributed by atoms with E-state index in [1.54, 1.807) is 4.90 Å². The maximum atomic E-state index is 11.6. The molecule has 0 aliphatic carbocycles. The number of thioether (sulfide) groups is 1. The molecule has 0 aromatic carbocycles. The number of carbonyl (C=O) groups is 3. The first-order valence-electron chi connectivity index (χ1n) is 6.06. The molecular formula is C12H14N2O5S. The highest BCUT2D eigenvalue weighted by molar-refractivity contribution is 8.13. The summed E-state index contributed by atoms with van der Waals surface area (Å²) in [5, 5.41) is 11.3. The zero-order chi connectivity index (χ0) is 14.5. The van der Waals surface area contributed by atoms with Gasteiger partial charge < -0.3 is 19.7 Å². The molecule has 0 radical (unpaired) electrons. The van der Waals surface area contributed by atoms with Crippen molar-refractivity contribution in [3.05, 3.63) is 23.7 Å². The van der Waals surface area contributed by atoms with Crippen LogP contribution in [0.1, 0.15) is 22.7 Å². The number of hydrogen-bond donors (Lipinski definition) is 2. The molecule has 0 atom stereocenters. The number of carboxylic acid groups (broad SMARTS) is 1. The van der Waals surface area contributed by atoms with Crippen LogP contribution in [0.5, 0.6) is 0 Å². The van der Waals surface area contributed by atoms with Crippen molar-refractivity contribution in [2.75, 3.05) is 18.8 Å². The second-order valence-corrected chi connectivity index (χ2v) is 5.25. The molecule has 108 valence electrons. The van der Waals surface area contributed by atoms with E-state index in [4.69, 9.17) is 9.52 Å². The van der Waals surface area contributed by atoms with Gasteiger partial charge in [-0.05, 0) is 12.1 Å². The molecule has 1 fully saturated rings. The summed E-state index contributed by atoms with van der Waals surface area (Å²) >= 11 is 1.26. The summed E-state index contributed by atoms with van der Waals surface area (Å²) < 4.78 is 5.01. The van der Waals surface area contributed by atoms with Crippen LogP contribution in [0, 0.1) is 0 Å². The Labute approximate surface area is 119 Å². The lowest BCUT2D eigenvalue weighted by atomic mass is 10.3. The standard InChI is InChI=1S/C12H14N2O5S/c15-10(3-4-14-5-6-20-12(14)18)13-7-8-1-2-9(19-8)11(16)17/h1-2H,3-7H2,(H,13,15)(H,16,17). The fraction of sp³-hybridized carbons (Fsp3) is 0.417. The normalized spacial score (nSPS) is 14.6. The number of nitrogens with one attached hydrogen (secondary N) is 1. The average molecular weight is 298 g/mol. The maximum absolute atomic E-state index is 11.6. The van der Waals surface area contributed by atoms with E-state index < -0.39 is 5.97 Å². The molecule has 2 N–H and O–H groups in total. The van der Waals surface area contributed by atoms with Gasteiger partial charge in [-0.2, -0.15) is 0 Å². The van der Waals surface area contributed by atoms with Crippen LogP contribution in [0.4, 0.5) is 4.79 Å². The summed E-state index contributed by atoms with van der Waals surface area (Å²) in [5.74, 6) is -0.363. The van der Waals surface area contributed by atoms with E-state index in [2.05, 4.69) is 5.32 Å². The second-order valence-electron chi connectivity index (χ2n) is 4.20. The van der Waals surface area contributed by atoms with Crippen molar-refractivity contribution < 1.29 is 23.9 Å². The van der Waals surface area contributed by atoms with E-state index in [0.29, 0.717) is 18.8 Å². The van der Waals surface area contributed by atoms with Gasteiger partial charge in [0.1, 0.15) is 5.76 Å². The van der Waals surface area contributed by atoms with Gasteiger partial charge >= 0.3 is 5.97 Å². The van der Waals surface area contributed by atoms with Crippen molar-refractivity contribution in [3.63, 3.8) is 0 Å². The predicted octanol–water partition coefficient (Wildman–Crippen LogP) is 1.15. The van der Waals surface area contributed by atoms with Crippen molar-refractivity contribution in [2.24, 2.45) is 0 Å². The van der Waals surface area contributed by atoms with Crippen LogP contribution in [-0.4, -0.2) is 46.0 Å². The summed E-state index contributed by atoms with van der Waals surface area (Å²) in [7, 11) is 0. The lowest BCUT2D eigenvalue weighted by molar-refractivity contribution is -0.121. The van der Waals surface area contributed by atoms with Gasteiger partial charge in [-0.15, -0.1) is 0 Å². The van der Waals surface area contributed by atoms with E-state index in [-0.39, 0.29) is 29.9 Å². The van der Waals surface area contributed by atoms with E-state index in [1.807, 2.05) is 0 Å². The first-order chi connectivity index (χ1) is 9.56. The minimum Gasteiger partial charge on any atom is -0.475 e. The minimum atomic E-state index is -1.15. The monoisotopic (exact) mass is 298 g/mol. The van der Waals surface area contributed by atoms with Crippen molar-refractivity contribution in [1.82, 2.24) is 10.2 Å². The fourth-order valence-electron chi connectivity index (χ4n) is 1.73. The van der Waals surface area contributed by atoms with Crippen molar-refractivity contribution in [3.8, 4) is 0 Å². The number of hydrogen-bond acceptors (Lipinski definition) is 5. The molecule has 20 heavy (non-hydrogen) atoms. The summed E-state index contributed by atoms with van der Waals surface area (Å²) in [6.07, 6.45) is 0.221. The molecule has 1 aliphatic heterocycles. The van der Waals surface area contributed by atoms with E-state index in [0.717, 1.165) is 5.75 Å². The number of carboxylic acids is 1. The van der Waals surface area contributed by atoms with Crippen molar-refractivity contribution >= 4 is 28.9 Å². The van der Waals surface area contributed by atoms with Crippen LogP contribution in [0.25, 0.3) is 0 Å². The number of rotatable bonds is 6. The van der Waals surface area contributed by atoms with Gasteiger partial charge in [-0.25, -0.2) is 4.79 Å². The minimum absolute atomic E-state index is 0.00920. The van der Waals surface area contributed by atoms with Gasteiger partial charge in [0.05, 0.1) is 6.54 Å². The quantitative estimate of drug-likeness (QED) is 0.817. The molecule has 1 saturated heterocycles. The Kier molecular flexibility index (Phi) is 4.67. The molecule has 2 rings (SSSR count). The Bertz CT molecular complexity index is 528. The zero-order valence-electron chi connectivity index (χ0n) is 10.6. The van der Waals surface area contributed by atoms with E-state index in [1.165, 1.54) is 23.9 Å². The topological polar surface area (TPSA) is 99.9 Å². The second kappa shape index (κ2) is 6.47. The summed E-state index contributed by atoms with van der Waals surface area (Å²) in [5.41, 5.74) is 0. The lowest BCUT2D eigenvalue weighted by Gasteiger charge is -2.13. The highest BCUT2D eigenvalue weighted by Gasteiger charge is 2.21. The average Bonchev–Trinajstić information content (AvgIpc) is 3.03. The number of nitrogens with zero attached hydrogens (tertiary/aromatic N) is 1. The largest absolute Gasteiger partial charge is 0.475 e. The molecule has 1 aliphatic rings. The maximum Gasteiger partial charge on any atom is 0.371 e. The number of aromatic carboxylic acids is 1. The highest BCUT2D eigenvalue weighted by atomic mass is 32.2. The van der Waals surface area contributed by atoms with Gasteiger partial charge in [-0.3, -0.25) is 9.59 Å². The Morgan fingerprint density at radius 1 is 1.45 bits per heavy atom. The zero-order valence-corrected chi connectivity index (χ0v) is 11.4. The van der Waals surface area contributed by atoms with Gasteiger partial charge in [-0.1, -0.05) is 11.8 Å². The third-order valence-electron chi connectivity index (χ3n) is 2.79. The number of furan rings is 1. The Morgan fingerprint density at radius 2 is 2.25 bits per heavy atom.